The van der Waals surface area contributed by atoms with Crippen LogP contribution in [0.5, 0.6) is 0 Å². The monoisotopic (exact) mass is 434 g/mol. The van der Waals surface area contributed by atoms with Gasteiger partial charge in [0.2, 0.25) is 0 Å². The molecule has 0 radical (unpaired) electrons. The molecule has 0 aliphatic rings. The molecule has 10 heteroatoms. The predicted molar refractivity (Wildman–Crippen MR) is 104 cm³/mol. The van der Waals surface area contributed by atoms with E-state index in [1.54, 1.807) is 27.7 Å². The van der Waals surface area contributed by atoms with Crippen LogP contribution >= 0.6 is 0 Å². The molecule has 0 aliphatic heterocycles. The molecule has 0 N–H and O–H groups in total. The minimum Gasteiger partial charge on any atom is -0.465 e. The molecule has 0 aromatic rings. The first-order valence-corrected chi connectivity index (χ1v) is 10.2. The molecule has 0 aliphatic carbocycles. The van der Waals surface area contributed by atoms with E-state index in [9.17, 15) is 19.2 Å². The van der Waals surface area contributed by atoms with Crippen molar-refractivity contribution in [2.75, 3.05) is 52.9 Å². The number of ether oxygens (including phenoxy) is 6. The second-order valence-corrected chi connectivity index (χ2v) is 5.92. The third kappa shape index (κ3) is 11.7. The Bertz CT molecular complexity index is 438. The molecule has 0 rings (SSSR count). The van der Waals surface area contributed by atoms with Gasteiger partial charge in [-0.05, 0) is 40.5 Å². The van der Waals surface area contributed by atoms with Crippen LogP contribution in [0.2, 0.25) is 0 Å². The molecule has 174 valence electrons. The van der Waals surface area contributed by atoms with Crippen LogP contribution < -0.4 is 0 Å². The minimum atomic E-state index is -1.03. The highest BCUT2D eigenvalue weighted by atomic mass is 16.6. The maximum absolute atomic E-state index is 11.9. The lowest BCUT2D eigenvalue weighted by atomic mass is 10.1. The zero-order valence-corrected chi connectivity index (χ0v) is 18.3. The van der Waals surface area contributed by atoms with Crippen LogP contribution in [-0.4, -0.2) is 76.7 Å². The van der Waals surface area contributed by atoms with Crippen molar-refractivity contribution in [3.63, 3.8) is 0 Å². The summed E-state index contributed by atoms with van der Waals surface area (Å²) in [5.74, 6) is -4.61. The van der Waals surface area contributed by atoms with E-state index in [0.29, 0.717) is 0 Å². The van der Waals surface area contributed by atoms with E-state index < -0.39 is 35.7 Å². The highest BCUT2D eigenvalue weighted by Crippen LogP contribution is 2.11. The van der Waals surface area contributed by atoms with Gasteiger partial charge in [-0.3, -0.25) is 19.2 Å². The van der Waals surface area contributed by atoms with E-state index >= 15 is 0 Å². The van der Waals surface area contributed by atoms with Crippen LogP contribution in [0.3, 0.4) is 0 Å². The summed E-state index contributed by atoms with van der Waals surface area (Å²) in [5.41, 5.74) is 0. The van der Waals surface area contributed by atoms with Gasteiger partial charge in [0.15, 0.2) is 11.8 Å². The Labute approximate surface area is 177 Å². The zero-order chi connectivity index (χ0) is 22.8. The van der Waals surface area contributed by atoms with E-state index in [1.807, 2.05) is 0 Å². The van der Waals surface area contributed by atoms with E-state index in [2.05, 4.69) is 0 Å². The molecule has 0 saturated carbocycles. The molecule has 0 bridgehead atoms. The summed E-state index contributed by atoms with van der Waals surface area (Å²) < 4.78 is 30.3. The van der Waals surface area contributed by atoms with Crippen LogP contribution in [-0.2, 0) is 47.6 Å². The Morgan fingerprint density at radius 2 is 0.767 bits per heavy atom. The summed E-state index contributed by atoms with van der Waals surface area (Å²) in [6.45, 7) is 7.99. The van der Waals surface area contributed by atoms with Gasteiger partial charge in [-0.2, -0.15) is 0 Å². The van der Waals surface area contributed by atoms with Crippen molar-refractivity contribution in [2.45, 2.75) is 40.5 Å². The summed E-state index contributed by atoms with van der Waals surface area (Å²) >= 11 is 0. The molecule has 0 amide bonds. The molecule has 0 fully saturated rings. The summed E-state index contributed by atoms with van der Waals surface area (Å²) in [6.07, 6.45) is 0.261. The predicted octanol–water partition coefficient (Wildman–Crippen LogP) is 1.28. The van der Waals surface area contributed by atoms with Crippen molar-refractivity contribution in [1.29, 1.82) is 0 Å². The Morgan fingerprint density at radius 1 is 0.500 bits per heavy atom. The fourth-order valence-electron chi connectivity index (χ4n) is 2.36. The smallest absolute Gasteiger partial charge is 0.320 e. The Morgan fingerprint density at radius 3 is 1.00 bits per heavy atom. The lowest BCUT2D eigenvalue weighted by Crippen LogP contribution is -2.30. The number of esters is 4. The maximum Gasteiger partial charge on any atom is 0.320 e. The minimum absolute atomic E-state index is 0.130. The van der Waals surface area contributed by atoms with Gasteiger partial charge in [-0.1, -0.05) is 0 Å². The average Bonchev–Trinajstić information content (AvgIpc) is 2.70. The molecule has 10 nitrogen and oxygen atoms in total. The molecule has 0 spiro atoms. The SMILES string of the molecule is CCOC(=O)C(CCOCCOCCC(C(=O)OCC)C(=O)OCC)C(=O)OCC. The summed E-state index contributed by atoms with van der Waals surface area (Å²) in [6, 6.07) is 0. The summed E-state index contributed by atoms with van der Waals surface area (Å²) in [5, 5.41) is 0. The lowest BCUT2D eigenvalue weighted by Gasteiger charge is -2.15. The van der Waals surface area contributed by atoms with Gasteiger partial charge in [0, 0.05) is 13.2 Å². The molecular weight excluding hydrogens is 400 g/mol. The van der Waals surface area contributed by atoms with E-state index in [-0.39, 0.29) is 65.7 Å². The Hall–Kier alpha value is -2.20. The third-order valence-corrected chi connectivity index (χ3v) is 3.76. The van der Waals surface area contributed by atoms with Crippen molar-refractivity contribution in [1.82, 2.24) is 0 Å². The number of rotatable bonds is 17. The van der Waals surface area contributed by atoms with Crippen molar-refractivity contribution < 1.29 is 47.6 Å². The first kappa shape index (κ1) is 27.8. The standard InChI is InChI=1S/C20H34O10/c1-5-27-17(21)15(18(22)28-6-2)9-11-25-13-14-26-12-10-16(19(23)29-7-3)20(24)30-8-4/h15-16H,5-14H2,1-4H3. The van der Waals surface area contributed by atoms with Crippen LogP contribution in [0.4, 0.5) is 0 Å². The molecule has 0 aromatic heterocycles. The molecule has 30 heavy (non-hydrogen) atoms. The van der Waals surface area contributed by atoms with Crippen LogP contribution in [0.25, 0.3) is 0 Å². The van der Waals surface area contributed by atoms with E-state index in [0.717, 1.165) is 0 Å². The summed E-state index contributed by atoms with van der Waals surface area (Å²) in [7, 11) is 0. The van der Waals surface area contributed by atoms with Gasteiger partial charge in [0.05, 0.1) is 39.6 Å². The molecule has 0 aromatic carbocycles. The normalized spacial score (nSPS) is 10.7. The number of carbonyl (C=O) groups excluding carboxylic acids is 4. The largest absolute Gasteiger partial charge is 0.465 e. The molecule has 0 unspecified atom stereocenters. The van der Waals surface area contributed by atoms with Gasteiger partial charge >= 0.3 is 23.9 Å². The second-order valence-electron chi connectivity index (χ2n) is 5.92. The maximum atomic E-state index is 11.9. The Balaban J connectivity index is 4.20. The third-order valence-electron chi connectivity index (χ3n) is 3.76. The number of carbonyl (C=O) groups is 4. The van der Waals surface area contributed by atoms with Gasteiger partial charge < -0.3 is 28.4 Å². The molecular formula is C20H34O10. The van der Waals surface area contributed by atoms with Crippen molar-refractivity contribution in [3.05, 3.63) is 0 Å². The van der Waals surface area contributed by atoms with Crippen molar-refractivity contribution in [3.8, 4) is 0 Å². The van der Waals surface area contributed by atoms with Crippen molar-refractivity contribution in [2.24, 2.45) is 11.8 Å². The molecule has 0 heterocycles. The quantitative estimate of drug-likeness (QED) is 0.143. The van der Waals surface area contributed by atoms with E-state index in [4.69, 9.17) is 28.4 Å². The zero-order valence-electron chi connectivity index (χ0n) is 18.3. The highest BCUT2D eigenvalue weighted by Gasteiger charge is 2.30. The van der Waals surface area contributed by atoms with Gasteiger partial charge in [-0.15, -0.1) is 0 Å². The van der Waals surface area contributed by atoms with Crippen LogP contribution in [0, 0.1) is 11.8 Å². The number of hydrogen-bond acceptors (Lipinski definition) is 10. The summed E-state index contributed by atoms with van der Waals surface area (Å²) in [4.78, 5) is 47.4. The average molecular weight is 434 g/mol. The first-order chi connectivity index (χ1) is 14.4. The van der Waals surface area contributed by atoms with Crippen LogP contribution in [0.1, 0.15) is 40.5 Å². The highest BCUT2D eigenvalue weighted by molar-refractivity contribution is 5.95. The van der Waals surface area contributed by atoms with E-state index in [1.165, 1.54) is 0 Å². The number of hydrogen-bond donors (Lipinski definition) is 0. The molecule has 0 atom stereocenters. The van der Waals surface area contributed by atoms with Gasteiger partial charge in [0.25, 0.3) is 0 Å². The lowest BCUT2D eigenvalue weighted by molar-refractivity contribution is -0.164. The van der Waals surface area contributed by atoms with Crippen LogP contribution in [0.15, 0.2) is 0 Å². The van der Waals surface area contributed by atoms with Gasteiger partial charge in [0.1, 0.15) is 0 Å². The second kappa shape index (κ2) is 17.6. The fourth-order valence-corrected chi connectivity index (χ4v) is 2.36. The van der Waals surface area contributed by atoms with Crippen molar-refractivity contribution >= 4 is 23.9 Å². The molecule has 0 saturated heterocycles. The first-order valence-electron chi connectivity index (χ1n) is 10.2. The Kier molecular flexibility index (Phi) is 16.3. The van der Waals surface area contributed by atoms with Gasteiger partial charge in [-0.25, -0.2) is 0 Å². The fraction of sp³-hybridized carbons (Fsp3) is 0.800. The topological polar surface area (TPSA) is 124 Å².